The van der Waals surface area contributed by atoms with Gasteiger partial charge in [-0.3, -0.25) is 4.90 Å². The van der Waals surface area contributed by atoms with Crippen molar-refractivity contribution in [1.29, 1.82) is 0 Å². The second-order valence-electron chi connectivity index (χ2n) is 6.52. The Balaban J connectivity index is 1.31. The zero-order valence-corrected chi connectivity index (χ0v) is 14.5. The summed E-state index contributed by atoms with van der Waals surface area (Å²) in [6.45, 7) is 7.23. The number of piperazine rings is 1. The number of likely N-dealkylation sites (N-methyl/N-ethyl adjacent to an activating group) is 1. The van der Waals surface area contributed by atoms with Gasteiger partial charge < -0.3 is 10.2 Å². The van der Waals surface area contributed by atoms with Gasteiger partial charge in [0.25, 0.3) is 0 Å². The zero-order valence-electron chi connectivity index (χ0n) is 12.9. The highest BCUT2D eigenvalue weighted by Gasteiger charge is 2.29. The Bertz CT molecular complexity index is 434. The number of benzene rings is 1. The lowest BCUT2D eigenvalue weighted by atomic mass is 9.76. The molecule has 3 rings (SSSR count). The molecule has 0 bridgehead atoms. The number of rotatable bonds is 5. The summed E-state index contributed by atoms with van der Waals surface area (Å²) < 4.78 is 1.17. The second kappa shape index (κ2) is 7.23. The summed E-state index contributed by atoms with van der Waals surface area (Å²) in [7, 11) is 2.21. The van der Waals surface area contributed by atoms with Crippen molar-refractivity contribution in [3.8, 4) is 0 Å². The Morgan fingerprint density at radius 1 is 1.10 bits per heavy atom. The van der Waals surface area contributed by atoms with Crippen LogP contribution in [-0.2, 0) is 0 Å². The van der Waals surface area contributed by atoms with Crippen LogP contribution in [0.15, 0.2) is 28.7 Å². The number of halogens is 1. The minimum absolute atomic E-state index is 0.728. The van der Waals surface area contributed by atoms with Crippen LogP contribution in [0, 0.1) is 0 Å². The topological polar surface area (TPSA) is 18.5 Å². The van der Waals surface area contributed by atoms with E-state index in [2.05, 4.69) is 62.4 Å². The van der Waals surface area contributed by atoms with E-state index in [-0.39, 0.29) is 0 Å². The number of hydrogen-bond acceptors (Lipinski definition) is 3. The van der Waals surface area contributed by atoms with Crippen molar-refractivity contribution < 1.29 is 0 Å². The van der Waals surface area contributed by atoms with E-state index >= 15 is 0 Å². The highest BCUT2D eigenvalue weighted by atomic mass is 79.9. The summed E-state index contributed by atoms with van der Waals surface area (Å²) in [5.74, 6) is 0.763. The average Bonchev–Trinajstić information content (AvgIpc) is 2.45. The van der Waals surface area contributed by atoms with Gasteiger partial charge in [-0.05, 0) is 43.5 Å². The molecule has 0 spiro atoms. The van der Waals surface area contributed by atoms with Crippen LogP contribution in [-0.4, -0.2) is 62.2 Å². The van der Waals surface area contributed by atoms with Crippen molar-refractivity contribution in [2.24, 2.45) is 0 Å². The molecule has 1 heterocycles. The highest BCUT2D eigenvalue weighted by Crippen LogP contribution is 2.37. The van der Waals surface area contributed by atoms with Gasteiger partial charge in [0.2, 0.25) is 0 Å². The van der Waals surface area contributed by atoms with E-state index < -0.39 is 0 Å². The molecule has 0 atom stereocenters. The highest BCUT2D eigenvalue weighted by molar-refractivity contribution is 9.10. The average molecular weight is 352 g/mol. The molecule has 3 nitrogen and oxygen atoms in total. The Kier molecular flexibility index (Phi) is 5.33. The predicted octanol–water partition coefficient (Wildman–Crippen LogP) is 2.53. The SMILES string of the molecule is CN1CCN(CCNC2CC(c3ccc(Br)cc3)C2)CC1. The van der Waals surface area contributed by atoms with Gasteiger partial charge in [-0.25, -0.2) is 0 Å². The van der Waals surface area contributed by atoms with Crippen LogP contribution < -0.4 is 5.32 Å². The van der Waals surface area contributed by atoms with Crippen molar-refractivity contribution in [2.45, 2.75) is 24.8 Å². The van der Waals surface area contributed by atoms with E-state index in [0.717, 1.165) is 18.5 Å². The first-order valence-corrected chi connectivity index (χ1v) is 8.90. The third-order valence-electron chi connectivity index (χ3n) is 4.94. The van der Waals surface area contributed by atoms with Crippen LogP contribution in [0.2, 0.25) is 0 Å². The second-order valence-corrected chi connectivity index (χ2v) is 7.43. The van der Waals surface area contributed by atoms with E-state index in [1.165, 1.54) is 55.6 Å². The lowest BCUT2D eigenvalue weighted by Crippen LogP contribution is -2.48. The summed E-state index contributed by atoms with van der Waals surface area (Å²) in [6, 6.07) is 9.56. The van der Waals surface area contributed by atoms with Crippen molar-refractivity contribution in [3.63, 3.8) is 0 Å². The molecule has 1 N–H and O–H groups in total. The van der Waals surface area contributed by atoms with Crippen molar-refractivity contribution in [2.75, 3.05) is 46.3 Å². The van der Waals surface area contributed by atoms with Crippen molar-refractivity contribution >= 4 is 15.9 Å². The zero-order chi connectivity index (χ0) is 14.7. The monoisotopic (exact) mass is 351 g/mol. The molecule has 1 aliphatic carbocycles. The van der Waals surface area contributed by atoms with E-state index in [1.54, 1.807) is 0 Å². The quantitative estimate of drug-likeness (QED) is 0.879. The normalized spacial score (nSPS) is 27.5. The lowest BCUT2D eigenvalue weighted by Gasteiger charge is -2.37. The molecule has 0 unspecified atom stereocenters. The molecule has 0 aromatic heterocycles. The Morgan fingerprint density at radius 2 is 1.76 bits per heavy atom. The van der Waals surface area contributed by atoms with E-state index in [9.17, 15) is 0 Å². The predicted molar refractivity (Wildman–Crippen MR) is 91.8 cm³/mol. The first-order valence-electron chi connectivity index (χ1n) is 8.10. The maximum Gasteiger partial charge on any atom is 0.0175 e. The Labute approximate surface area is 136 Å². The molecule has 1 aromatic carbocycles. The summed E-state index contributed by atoms with van der Waals surface area (Å²) in [5.41, 5.74) is 1.50. The smallest absolute Gasteiger partial charge is 0.0175 e. The molecule has 2 fully saturated rings. The fraction of sp³-hybridized carbons (Fsp3) is 0.647. The standard InChI is InChI=1S/C17H26BrN3/c1-20-8-10-21(11-9-20)7-6-19-17-12-15(13-17)14-2-4-16(18)5-3-14/h2-5,15,17,19H,6-13H2,1H3. The maximum absolute atomic E-state index is 3.72. The number of nitrogens with one attached hydrogen (secondary N) is 1. The van der Waals surface area contributed by atoms with Gasteiger partial charge in [0.1, 0.15) is 0 Å². The molecule has 21 heavy (non-hydrogen) atoms. The minimum atomic E-state index is 0.728. The summed E-state index contributed by atoms with van der Waals surface area (Å²) >= 11 is 3.50. The van der Waals surface area contributed by atoms with Crippen LogP contribution in [0.3, 0.4) is 0 Å². The minimum Gasteiger partial charge on any atom is -0.313 e. The molecule has 2 aliphatic rings. The Morgan fingerprint density at radius 3 is 2.43 bits per heavy atom. The summed E-state index contributed by atoms with van der Waals surface area (Å²) in [5, 5.41) is 3.72. The van der Waals surface area contributed by atoms with Crippen molar-refractivity contribution in [1.82, 2.24) is 15.1 Å². The van der Waals surface area contributed by atoms with E-state index in [1.807, 2.05) is 0 Å². The molecule has 0 amide bonds. The third-order valence-corrected chi connectivity index (χ3v) is 5.47. The maximum atomic E-state index is 3.72. The molecule has 4 heteroatoms. The van der Waals surface area contributed by atoms with Gasteiger partial charge in [0.05, 0.1) is 0 Å². The van der Waals surface area contributed by atoms with E-state index in [4.69, 9.17) is 0 Å². The van der Waals surface area contributed by atoms with Gasteiger partial charge >= 0.3 is 0 Å². The third kappa shape index (κ3) is 4.28. The lowest BCUT2D eigenvalue weighted by molar-refractivity contribution is 0.150. The Hall–Kier alpha value is -0.420. The largest absolute Gasteiger partial charge is 0.313 e. The molecule has 0 radical (unpaired) electrons. The van der Waals surface area contributed by atoms with Gasteiger partial charge in [0, 0.05) is 49.8 Å². The first kappa shape index (κ1) is 15.5. The van der Waals surface area contributed by atoms with E-state index in [0.29, 0.717) is 0 Å². The number of nitrogens with zero attached hydrogens (tertiary/aromatic N) is 2. The fourth-order valence-electron chi connectivity index (χ4n) is 3.29. The van der Waals surface area contributed by atoms with Crippen LogP contribution in [0.1, 0.15) is 24.3 Å². The summed E-state index contributed by atoms with van der Waals surface area (Å²) in [6.07, 6.45) is 2.59. The molecular formula is C17H26BrN3. The first-order chi connectivity index (χ1) is 10.2. The van der Waals surface area contributed by atoms with Crippen LogP contribution in [0.25, 0.3) is 0 Å². The van der Waals surface area contributed by atoms with Gasteiger partial charge in [-0.1, -0.05) is 28.1 Å². The number of hydrogen-bond donors (Lipinski definition) is 1. The fourth-order valence-corrected chi connectivity index (χ4v) is 3.55. The molecule has 1 aliphatic heterocycles. The van der Waals surface area contributed by atoms with Gasteiger partial charge in [-0.15, -0.1) is 0 Å². The molecular weight excluding hydrogens is 326 g/mol. The van der Waals surface area contributed by atoms with Gasteiger partial charge in [0.15, 0.2) is 0 Å². The molecule has 1 saturated heterocycles. The van der Waals surface area contributed by atoms with Crippen molar-refractivity contribution in [3.05, 3.63) is 34.3 Å². The summed E-state index contributed by atoms with van der Waals surface area (Å²) in [4.78, 5) is 5.00. The van der Waals surface area contributed by atoms with Crippen LogP contribution >= 0.6 is 15.9 Å². The molecule has 1 saturated carbocycles. The molecule has 1 aromatic rings. The van der Waals surface area contributed by atoms with Gasteiger partial charge in [-0.2, -0.15) is 0 Å². The molecule has 116 valence electrons. The van der Waals surface area contributed by atoms with Crippen LogP contribution in [0.5, 0.6) is 0 Å². The van der Waals surface area contributed by atoms with Crippen LogP contribution in [0.4, 0.5) is 0 Å².